The van der Waals surface area contributed by atoms with Crippen molar-refractivity contribution in [2.45, 2.75) is 38.3 Å². The summed E-state index contributed by atoms with van der Waals surface area (Å²) < 4.78 is 3.94. The summed E-state index contributed by atoms with van der Waals surface area (Å²) in [4.78, 5) is 20.7. The number of pyridine rings is 1. The second kappa shape index (κ2) is 6.20. The van der Waals surface area contributed by atoms with Gasteiger partial charge in [-0.05, 0) is 31.4 Å². The first-order chi connectivity index (χ1) is 14.3. The molecule has 9 heteroatoms. The molecule has 29 heavy (non-hydrogen) atoms. The number of anilines is 1. The van der Waals surface area contributed by atoms with Gasteiger partial charge in [0.15, 0.2) is 11.6 Å². The van der Waals surface area contributed by atoms with Gasteiger partial charge in [-0.25, -0.2) is 9.97 Å². The van der Waals surface area contributed by atoms with Crippen molar-refractivity contribution in [3.63, 3.8) is 0 Å². The largest absolute Gasteiger partial charge is 0.341 e. The highest BCUT2D eigenvalue weighted by Gasteiger charge is 2.41. The molecule has 6 rings (SSSR count). The van der Waals surface area contributed by atoms with Gasteiger partial charge in [0.1, 0.15) is 17.8 Å². The highest BCUT2D eigenvalue weighted by atomic mass is 15.4. The lowest BCUT2D eigenvalue weighted by Crippen LogP contribution is -2.37. The van der Waals surface area contributed by atoms with Gasteiger partial charge in [0, 0.05) is 36.4 Å². The Morgan fingerprint density at radius 1 is 1.07 bits per heavy atom. The van der Waals surface area contributed by atoms with Crippen molar-refractivity contribution in [1.29, 1.82) is 0 Å². The summed E-state index contributed by atoms with van der Waals surface area (Å²) in [6.45, 7) is 2.18. The summed E-state index contributed by atoms with van der Waals surface area (Å²) in [6, 6.07) is 4.53. The molecule has 4 aromatic rings. The highest BCUT2D eigenvalue weighted by Crippen LogP contribution is 2.44. The van der Waals surface area contributed by atoms with Crippen LogP contribution in [0.2, 0.25) is 0 Å². The number of hydrogen-bond donors (Lipinski definition) is 0. The van der Waals surface area contributed by atoms with Gasteiger partial charge in [0.25, 0.3) is 0 Å². The predicted octanol–water partition coefficient (Wildman–Crippen LogP) is 2.74. The Labute approximate surface area is 167 Å². The lowest BCUT2D eigenvalue weighted by Gasteiger charge is -2.37. The monoisotopic (exact) mass is 385 g/mol. The van der Waals surface area contributed by atoms with Crippen molar-refractivity contribution in [2.24, 2.45) is 0 Å². The van der Waals surface area contributed by atoms with Gasteiger partial charge in [-0.2, -0.15) is 4.98 Å². The van der Waals surface area contributed by atoms with E-state index in [0.717, 1.165) is 35.1 Å². The molecule has 4 aromatic heterocycles. The minimum absolute atomic E-state index is 0.169. The van der Waals surface area contributed by atoms with Crippen molar-refractivity contribution in [3.8, 4) is 23.0 Å². The number of fused-ring (bicyclic) bond motifs is 3. The Morgan fingerprint density at radius 3 is 2.72 bits per heavy atom. The fraction of sp³-hybridized carbons (Fsp3) is 0.300. The fourth-order valence-electron chi connectivity index (χ4n) is 4.10. The van der Waals surface area contributed by atoms with Crippen molar-refractivity contribution in [2.75, 3.05) is 4.90 Å². The molecule has 0 spiro atoms. The van der Waals surface area contributed by atoms with Gasteiger partial charge in [0.05, 0.1) is 12.2 Å². The average Bonchev–Trinajstić information content (AvgIpc) is 3.27. The lowest BCUT2D eigenvalue weighted by molar-refractivity contribution is 0.532. The van der Waals surface area contributed by atoms with E-state index in [9.17, 15) is 0 Å². The summed E-state index contributed by atoms with van der Waals surface area (Å²) >= 11 is 0. The summed E-state index contributed by atoms with van der Waals surface area (Å²) in [5.41, 5.74) is 1.90. The van der Waals surface area contributed by atoms with E-state index < -0.39 is 0 Å². The van der Waals surface area contributed by atoms with Gasteiger partial charge in [-0.3, -0.25) is 14.1 Å². The van der Waals surface area contributed by atoms with Crippen LogP contribution in [-0.2, 0) is 0 Å². The quantitative estimate of drug-likeness (QED) is 0.533. The van der Waals surface area contributed by atoms with Crippen LogP contribution in [-0.4, -0.2) is 45.3 Å². The van der Waals surface area contributed by atoms with E-state index in [4.69, 9.17) is 4.98 Å². The zero-order valence-electron chi connectivity index (χ0n) is 15.9. The molecule has 0 radical (unpaired) electrons. The SMILES string of the molecule is CC[C@@H]1c2nncn2-c2cnc(-n3ccnc3-c3ccncc3)nc2N1C1CC1. The van der Waals surface area contributed by atoms with Gasteiger partial charge in [0.2, 0.25) is 5.95 Å². The van der Waals surface area contributed by atoms with E-state index in [2.05, 4.69) is 37.0 Å². The van der Waals surface area contributed by atoms with Crippen molar-refractivity contribution in [3.05, 3.63) is 55.3 Å². The zero-order valence-corrected chi connectivity index (χ0v) is 15.9. The topological polar surface area (TPSA) is 90.4 Å². The van der Waals surface area contributed by atoms with Crippen LogP contribution in [0.3, 0.4) is 0 Å². The van der Waals surface area contributed by atoms with E-state index in [0.29, 0.717) is 12.0 Å². The molecule has 1 fully saturated rings. The molecule has 0 saturated heterocycles. The molecule has 0 amide bonds. The molecular formula is C20H19N9. The third-order valence-corrected chi connectivity index (χ3v) is 5.57. The van der Waals surface area contributed by atoms with Gasteiger partial charge >= 0.3 is 0 Å². The van der Waals surface area contributed by atoms with Gasteiger partial charge in [-0.1, -0.05) is 6.92 Å². The fourth-order valence-corrected chi connectivity index (χ4v) is 4.10. The molecule has 2 aliphatic rings. The Balaban J connectivity index is 1.52. The molecule has 0 N–H and O–H groups in total. The normalized spacial score (nSPS) is 17.8. The van der Waals surface area contributed by atoms with Gasteiger partial charge < -0.3 is 4.90 Å². The van der Waals surface area contributed by atoms with E-state index in [1.165, 1.54) is 12.8 Å². The third kappa shape index (κ3) is 2.47. The van der Waals surface area contributed by atoms with Crippen molar-refractivity contribution >= 4 is 5.82 Å². The molecule has 0 unspecified atom stereocenters. The first-order valence-electron chi connectivity index (χ1n) is 9.85. The molecule has 1 aliphatic carbocycles. The number of imidazole rings is 1. The van der Waals surface area contributed by atoms with E-state index >= 15 is 0 Å². The molecule has 1 aliphatic heterocycles. The van der Waals surface area contributed by atoms with Crippen molar-refractivity contribution in [1.82, 2.24) is 39.3 Å². The first-order valence-corrected chi connectivity index (χ1v) is 9.85. The maximum Gasteiger partial charge on any atom is 0.237 e. The maximum atomic E-state index is 5.01. The lowest BCUT2D eigenvalue weighted by atomic mass is 10.1. The summed E-state index contributed by atoms with van der Waals surface area (Å²) in [6.07, 6.45) is 14.1. The molecule has 5 heterocycles. The average molecular weight is 385 g/mol. The molecule has 1 saturated carbocycles. The first kappa shape index (κ1) is 16.3. The molecule has 144 valence electrons. The second-order valence-electron chi connectivity index (χ2n) is 7.36. The summed E-state index contributed by atoms with van der Waals surface area (Å²) in [7, 11) is 0. The maximum absolute atomic E-state index is 5.01. The third-order valence-electron chi connectivity index (χ3n) is 5.57. The standard InChI is InChI=1S/C20H19N9/c1-2-15-19-26-24-12-28(19)16-11-23-20(25-18(16)29(15)14-3-4-14)27-10-9-22-17(27)13-5-7-21-8-6-13/h5-12,14-15H,2-4H2,1H3/t15-/m1/s1. The molecule has 0 bridgehead atoms. The Morgan fingerprint density at radius 2 is 1.93 bits per heavy atom. The number of aromatic nitrogens is 8. The van der Waals surface area contributed by atoms with Crippen LogP contribution in [0.5, 0.6) is 0 Å². The smallest absolute Gasteiger partial charge is 0.237 e. The van der Waals surface area contributed by atoms with E-state index in [-0.39, 0.29) is 6.04 Å². The zero-order chi connectivity index (χ0) is 19.4. The summed E-state index contributed by atoms with van der Waals surface area (Å²) in [5.74, 6) is 3.29. The van der Waals surface area contributed by atoms with Crippen LogP contribution in [0.15, 0.2) is 49.4 Å². The van der Waals surface area contributed by atoms with E-state index in [1.807, 2.05) is 33.7 Å². The Hall–Kier alpha value is -3.62. The minimum atomic E-state index is 0.169. The van der Waals surface area contributed by atoms with Crippen LogP contribution in [0.1, 0.15) is 38.1 Å². The predicted molar refractivity (Wildman–Crippen MR) is 106 cm³/mol. The highest BCUT2D eigenvalue weighted by molar-refractivity contribution is 5.64. The van der Waals surface area contributed by atoms with Crippen LogP contribution in [0.4, 0.5) is 5.82 Å². The van der Waals surface area contributed by atoms with Gasteiger partial charge in [-0.15, -0.1) is 10.2 Å². The summed E-state index contributed by atoms with van der Waals surface area (Å²) in [5, 5.41) is 8.54. The number of rotatable bonds is 4. The molecule has 1 atom stereocenters. The number of nitrogens with zero attached hydrogens (tertiary/aromatic N) is 9. The van der Waals surface area contributed by atoms with Crippen LogP contribution in [0.25, 0.3) is 23.0 Å². The number of hydrogen-bond acceptors (Lipinski definition) is 7. The minimum Gasteiger partial charge on any atom is -0.341 e. The molecule has 0 aromatic carbocycles. The second-order valence-corrected chi connectivity index (χ2v) is 7.36. The van der Waals surface area contributed by atoms with Crippen LogP contribution >= 0.6 is 0 Å². The molecule has 9 nitrogen and oxygen atoms in total. The Bertz CT molecular complexity index is 1180. The van der Waals surface area contributed by atoms with Crippen LogP contribution < -0.4 is 4.90 Å². The van der Waals surface area contributed by atoms with Crippen LogP contribution in [0, 0.1) is 0 Å². The molecular weight excluding hydrogens is 366 g/mol. The van der Waals surface area contributed by atoms with E-state index in [1.54, 1.807) is 24.9 Å². The Kier molecular flexibility index (Phi) is 3.49. The van der Waals surface area contributed by atoms with Crippen molar-refractivity contribution < 1.29 is 0 Å².